The summed E-state index contributed by atoms with van der Waals surface area (Å²) in [5.74, 6) is 0.973. The number of amides is 1. The van der Waals surface area contributed by atoms with Gasteiger partial charge < -0.3 is 15.4 Å². The first-order valence-corrected chi connectivity index (χ1v) is 10.6. The molecule has 1 atom stereocenters. The summed E-state index contributed by atoms with van der Waals surface area (Å²) in [6.07, 6.45) is 3.22. The van der Waals surface area contributed by atoms with Crippen LogP contribution in [0.3, 0.4) is 0 Å². The van der Waals surface area contributed by atoms with Gasteiger partial charge in [0.25, 0.3) is 5.91 Å². The third kappa shape index (κ3) is 3.99. The minimum absolute atomic E-state index is 0.289. The van der Waals surface area contributed by atoms with Gasteiger partial charge in [0.2, 0.25) is 5.95 Å². The number of hydrogen-bond acceptors (Lipinski definition) is 6. The highest BCUT2D eigenvalue weighted by Crippen LogP contribution is 2.37. The van der Waals surface area contributed by atoms with Crippen molar-refractivity contribution in [1.29, 1.82) is 0 Å². The Labute approximate surface area is 195 Å². The van der Waals surface area contributed by atoms with Gasteiger partial charge >= 0.3 is 0 Å². The highest BCUT2D eigenvalue weighted by Gasteiger charge is 2.34. The number of methoxy groups -OCH3 is 1. The van der Waals surface area contributed by atoms with Crippen molar-refractivity contribution in [2.45, 2.75) is 13.0 Å². The quantitative estimate of drug-likeness (QED) is 0.462. The first-order valence-electron chi connectivity index (χ1n) is 10.6. The van der Waals surface area contributed by atoms with E-state index >= 15 is 0 Å². The predicted molar refractivity (Wildman–Crippen MR) is 126 cm³/mol. The summed E-state index contributed by atoms with van der Waals surface area (Å²) in [4.78, 5) is 22.1. The molecular weight excluding hydrogens is 435 g/mol. The van der Waals surface area contributed by atoms with Crippen LogP contribution in [-0.2, 0) is 4.79 Å². The van der Waals surface area contributed by atoms with Gasteiger partial charge in [-0.3, -0.25) is 9.78 Å². The van der Waals surface area contributed by atoms with Gasteiger partial charge in [-0.2, -0.15) is 4.98 Å². The Morgan fingerprint density at radius 3 is 2.56 bits per heavy atom. The number of nitrogens with one attached hydrogen (secondary N) is 2. The predicted octanol–water partition coefficient (Wildman–Crippen LogP) is 4.42. The van der Waals surface area contributed by atoms with Crippen molar-refractivity contribution in [3.63, 3.8) is 0 Å². The minimum Gasteiger partial charge on any atom is -0.497 e. The zero-order chi connectivity index (χ0) is 23.7. The molecule has 1 unspecified atom stereocenters. The number of carbonyl (C=O) groups excluding carboxylic acids is 1. The Balaban J connectivity index is 1.59. The summed E-state index contributed by atoms with van der Waals surface area (Å²) in [7, 11) is 1.60. The Morgan fingerprint density at radius 1 is 1.12 bits per heavy atom. The Morgan fingerprint density at radius 2 is 1.88 bits per heavy atom. The number of nitrogens with zero attached hydrogens (tertiary/aromatic N) is 4. The molecule has 0 radical (unpaired) electrons. The van der Waals surface area contributed by atoms with Crippen LogP contribution in [0.1, 0.15) is 18.5 Å². The van der Waals surface area contributed by atoms with E-state index in [0.29, 0.717) is 40.0 Å². The van der Waals surface area contributed by atoms with Gasteiger partial charge in [-0.25, -0.2) is 9.07 Å². The molecule has 0 spiro atoms. The lowest BCUT2D eigenvalue weighted by Crippen LogP contribution is -2.31. The number of hydrogen-bond donors (Lipinski definition) is 2. The van der Waals surface area contributed by atoms with Crippen LogP contribution in [0.25, 0.3) is 11.4 Å². The molecule has 1 aliphatic rings. The molecule has 34 heavy (non-hydrogen) atoms. The standard InChI is InChI=1S/C25H21FN6O2/c1-15-21(24(33)29-19-4-3-13-27-14-19)22(16-7-11-20(34-2)12-8-16)32-25(28-15)30-23(31-32)17-5-9-18(26)10-6-17/h3-14,22H,1-2H3,(H,29,33)(H,28,30,31). The molecular formula is C25H21FN6O2. The molecule has 4 aromatic rings. The number of allylic oxidation sites excluding steroid dienone is 1. The molecule has 0 saturated carbocycles. The summed E-state index contributed by atoms with van der Waals surface area (Å²) in [5.41, 5.74) is 3.20. The van der Waals surface area contributed by atoms with E-state index in [1.54, 1.807) is 48.5 Å². The van der Waals surface area contributed by atoms with Gasteiger partial charge in [0.05, 0.1) is 24.6 Å². The first-order chi connectivity index (χ1) is 16.5. The number of halogens is 1. The van der Waals surface area contributed by atoms with Crippen molar-refractivity contribution in [2.24, 2.45) is 0 Å². The highest BCUT2D eigenvalue weighted by atomic mass is 19.1. The van der Waals surface area contributed by atoms with Crippen LogP contribution in [0.15, 0.2) is 84.3 Å². The van der Waals surface area contributed by atoms with E-state index in [9.17, 15) is 9.18 Å². The largest absolute Gasteiger partial charge is 0.497 e. The lowest BCUT2D eigenvalue weighted by Gasteiger charge is -2.28. The maximum absolute atomic E-state index is 13.4. The van der Waals surface area contributed by atoms with Crippen LogP contribution < -0.4 is 15.4 Å². The molecule has 0 aliphatic carbocycles. The number of rotatable bonds is 5. The molecule has 2 aromatic heterocycles. The topological polar surface area (TPSA) is 94.0 Å². The van der Waals surface area contributed by atoms with Crippen LogP contribution >= 0.6 is 0 Å². The zero-order valence-electron chi connectivity index (χ0n) is 18.5. The van der Waals surface area contributed by atoms with Gasteiger partial charge in [0.15, 0.2) is 5.82 Å². The van der Waals surface area contributed by atoms with Gasteiger partial charge in [-0.15, -0.1) is 5.10 Å². The summed E-state index contributed by atoms with van der Waals surface area (Å²) >= 11 is 0. The van der Waals surface area contributed by atoms with E-state index in [-0.39, 0.29) is 11.7 Å². The fraction of sp³-hybridized carbons (Fsp3) is 0.120. The van der Waals surface area contributed by atoms with Crippen LogP contribution in [0.4, 0.5) is 16.0 Å². The van der Waals surface area contributed by atoms with E-state index in [2.05, 4.69) is 25.7 Å². The Bertz CT molecular complexity index is 1370. The molecule has 0 fully saturated rings. The lowest BCUT2D eigenvalue weighted by molar-refractivity contribution is -0.113. The highest BCUT2D eigenvalue weighted by molar-refractivity contribution is 6.05. The summed E-state index contributed by atoms with van der Waals surface area (Å²) in [5, 5.41) is 10.8. The van der Waals surface area contributed by atoms with Crippen molar-refractivity contribution >= 4 is 17.5 Å². The third-order valence-corrected chi connectivity index (χ3v) is 5.55. The second-order valence-electron chi connectivity index (χ2n) is 7.75. The van der Waals surface area contributed by atoms with Crippen LogP contribution in [-0.4, -0.2) is 32.8 Å². The minimum atomic E-state index is -0.555. The van der Waals surface area contributed by atoms with Crippen LogP contribution in [0, 0.1) is 5.82 Å². The van der Waals surface area contributed by atoms with Crippen molar-refractivity contribution in [2.75, 3.05) is 17.7 Å². The normalized spacial score (nSPS) is 14.9. The SMILES string of the molecule is COc1ccc(C2C(C(=O)Nc3cccnc3)=C(C)Nc3nc(-c4ccc(F)cc4)nn32)cc1. The molecule has 5 rings (SSSR count). The van der Waals surface area contributed by atoms with Crippen LogP contribution in [0.5, 0.6) is 5.75 Å². The average molecular weight is 456 g/mol. The number of aromatic nitrogens is 4. The van der Waals surface area contributed by atoms with E-state index in [0.717, 1.165) is 5.56 Å². The number of carbonyl (C=O) groups is 1. The Hall–Kier alpha value is -4.53. The average Bonchev–Trinajstić information content (AvgIpc) is 3.27. The molecule has 170 valence electrons. The van der Waals surface area contributed by atoms with Gasteiger partial charge in [0, 0.05) is 17.5 Å². The van der Waals surface area contributed by atoms with Crippen molar-refractivity contribution < 1.29 is 13.9 Å². The number of ether oxygens (including phenoxy) is 1. The maximum atomic E-state index is 13.4. The smallest absolute Gasteiger partial charge is 0.255 e. The second-order valence-corrected chi connectivity index (χ2v) is 7.75. The second kappa shape index (κ2) is 8.78. The van der Waals surface area contributed by atoms with Crippen molar-refractivity contribution in [1.82, 2.24) is 19.7 Å². The molecule has 8 nitrogen and oxygen atoms in total. The molecule has 2 N–H and O–H groups in total. The Kier molecular flexibility index (Phi) is 5.51. The van der Waals surface area contributed by atoms with Gasteiger partial charge in [-0.05, 0) is 61.0 Å². The van der Waals surface area contributed by atoms with Crippen LogP contribution in [0.2, 0.25) is 0 Å². The van der Waals surface area contributed by atoms with Gasteiger partial charge in [-0.1, -0.05) is 12.1 Å². The molecule has 1 amide bonds. The molecule has 1 aliphatic heterocycles. The summed E-state index contributed by atoms with van der Waals surface area (Å²) < 4.78 is 20.4. The number of fused-ring (bicyclic) bond motifs is 1. The monoisotopic (exact) mass is 456 g/mol. The fourth-order valence-electron chi connectivity index (χ4n) is 3.90. The number of pyridine rings is 1. The third-order valence-electron chi connectivity index (χ3n) is 5.55. The van der Waals surface area contributed by atoms with Crippen molar-refractivity contribution in [3.05, 3.63) is 95.7 Å². The summed E-state index contributed by atoms with van der Waals surface area (Å²) in [6, 6.07) is 16.4. The van der Waals surface area contributed by atoms with E-state index in [4.69, 9.17) is 4.74 Å². The first kappa shape index (κ1) is 21.3. The van der Waals surface area contributed by atoms with Gasteiger partial charge in [0.1, 0.15) is 17.6 Å². The lowest BCUT2D eigenvalue weighted by atomic mass is 9.95. The number of benzene rings is 2. The molecule has 0 bridgehead atoms. The fourth-order valence-corrected chi connectivity index (χ4v) is 3.90. The zero-order valence-corrected chi connectivity index (χ0v) is 18.5. The molecule has 0 saturated heterocycles. The molecule has 3 heterocycles. The van der Waals surface area contributed by atoms with Crippen molar-refractivity contribution in [3.8, 4) is 17.1 Å². The molecule has 9 heteroatoms. The number of anilines is 2. The maximum Gasteiger partial charge on any atom is 0.255 e. The van der Waals surface area contributed by atoms with E-state index in [1.165, 1.54) is 12.1 Å². The summed E-state index contributed by atoms with van der Waals surface area (Å²) in [6.45, 7) is 1.82. The van der Waals surface area contributed by atoms with E-state index in [1.807, 2.05) is 31.2 Å². The van der Waals surface area contributed by atoms with E-state index < -0.39 is 6.04 Å². The molecule has 2 aromatic carbocycles.